The van der Waals surface area contributed by atoms with E-state index in [1.54, 1.807) is 0 Å². The number of benzene rings is 2. The molecule has 1 aliphatic heterocycles. The van der Waals surface area contributed by atoms with Crippen molar-refractivity contribution < 1.29 is 4.39 Å². The van der Waals surface area contributed by atoms with Gasteiger partial charge in [-0.1, -0.05) is 23.7 Å². The quantitative estimate of drug-likeness (QED) is 0.617. The SMILES string of the molecule is N#Cc1ccccc1N1C[C@H]2C[C@@H](Nc3ccc(-c4cc(F)ccc4Cl)nn3)C[C@H]2C1. The third kappa shape index (κ3) is 3.94. The zero-order valence-corrected chi connectivity index (χ0v) is 17.6. The van der Waals surface area contributed by atoms with Crippen LogP contribution in [-0.4, -0.2) is 29.3 Å². The van der Waals surface area contributed by atoms with Gasteiger partial charge >= 0.3 is 0 Å². The van der Waals surface area contributed by atoms with Crippen LogP contribution in [0.4, 0.5) is 15.9 Å². The van der Waals surface area contributed by atoms with Crippen LogP contribution in [0.5, 0.6) is 0 Å². The van der Waals surface area contributed by atoms with Crippen LogP contribution in [0.25, 0.3) is 11.3 Å². The predicted octanol–water partition coefficient (Wildman–Crippen LogP) is 5.13. The lowest BCUT2D eigenvalue weighted by Crippen LogP contribution is -2.25. The maximum Gasteiger partial charge on any atom is 0.148 e. The second kappa shape index (κ2) is 8.16. The standard InChI is InChI=1S/C24H21ClFN5/c25-21-6-5-18(26)11-20(21)22-7-8-24(30-29-22)28-19-9-16-13-31(14-17(16)10-19)23-4-2-1-3-15(23)12-27/h1-8,11,16-17,19H,9-10,13-14H2,(H,28,30)/t16-,17+,19-. The van der Waals surface area contributed by atoms with Gasteiger partial charge in [0.25, 0.3) is 0 Å². The van der Waals surface area contributed by atoms with Crippen molar-refractivity contribution >= 4 is 23.1 Å². The number of para-hydroxylation sites is 1. The number of hydrogen-bond acceptors (Lipinski definition) is 5. The van der Waals surface area contributed by atoms with Gasteiger partial charge in [-0.25, -0.2) is 4.39 Å². The summed E-state index contributed by atoms with van der Waals surface area (Å²) in [6, 6.07) is 18.4. The van der Waals surface area contributed by atoms with Gasteiger partial charge in [-0.2, -0.15) is 5.26 Å². The maximum atomic E-state index is 13.5. The van der Waals surface area contributed by atoms with Crippen molar-refractivity contribution in [3.05, 3.63) is 71.0 Å². The Kier molecular flexibility index (Phi) is 5.21. The van der Waals surface area contributed by atoms with Crippen LogP contribution in [-0.2, 0) is 0 Å². The fourth-order valence-electron chi connectivity index (χ4n) is 4.91. The number of hydrogen-bond donors (Lipinski definition) is 1. The lowest BCUT2D eigenvalue weighted by molar-refractivity contribution is 0.494. The monoisotopic (exact) mass is 433 g/mol. The minimum atomic E-state index is -0.354. The van der Waals surface area contributed by atoms with Crippen molar-refractivity contribution in [2.45, 2.75) is 18.9 Å². The highest BCUT2D eigenvalue weighted by Crippen LogP contribution is 2.41. The summed E-state index contributed by atoms with van der Waals surface area (Å²) in [6.45, 7) is 1.95. The van der Waals surface area contributed by atoms with E-state index in [-0.39, 0.29) is 5.82 Å². The first-order valence-electron chi connectivity index (χ1n) is 10.4. The molecule has 156 valence electrons. The van der Waals surface area contributed by atoms with Gasteiger partial charge in [-0.05, 0) is 67.1 Å². The fraction of sp³-hybridized carbons (Fsp3) is 0.292. The number of nitrogens with one attached hydrogen (secondary N) is 1. The number of anilines is 2. The number of nitriles is 1. The van der Waals surface area contributed by atoms with E-state index in [1.807, 2.05) is 36.4 Å². The Hall–Kier alpha value is -3.17. The minimum Gasteiger partial charge on any atom is -0.370 e. The molecule has 0 unspecified atom stereocenters. The van der Waals surface area contributed by atoms with E-state index < -0.39 is 0 Å². The molecule has 1 aromatic heterocycles. The Morgan fingerprint density at radius 3 is 2.52 bits per heavy atom. The van der Waals surface area contributed by atoms with Crippen LogP contribution < -0.4 is 10.2 Å². The van der Waals surface area contributed by atoms with Crippen LogP contribution in [0.15, 0.2) is 54.6 Å². The molecule has 5 nitrogen and oxygen atoms in total. The average molecular weight is 434 g/mol. The molecule has 1 saturated carbocycles. The number of halogens is 2. The third-order valence-corrected chi connectivity index (χ3v) is 6.67. The van der Waals surface area contributed by atoms with E-state index in [2.05, 4.69) is 26.5 Å². The highest BCUT2D eigenvalue weighted by Gasteiger charge is 2.41. The zero-order chi connectivity index (χ0) is 21.4. The van der Waals surface area contributed by atoms with Gasteiger partial charge in [0.1, 0.15) is 17.7 Å². The zero-order valence-electron chi connectivity index (χ0n) is 16.8. The molecule has 2 fully saturated rings. The van der Waals surface area contributed by atoms with E-state index in [0.29, 0.717) is 40.0 Å². The molecule has 1 aliphatic carbocycles. The molecule has 3 aromatic rings. The second-order valence-corrected chi connectivity index (χ2v) is 8.70. The summed E-state index contributed by atoms with van der Waals surface area (Å²) < 4.78 is 13.5. The molecule has 2 aromatic carbocycles. The van der Waals surface area contributed by atoms with Crippen LogP contribution in [0.2, 0.25) is 5.02 Å². The summed E-state index contributed by atoms with van der Waals surface area (Å²) in [6.07, 6.45) is 2.13. The van der Waals surface area contributed by atoms with Gasteiger partial charge in [-0.15, -0.1) is 10.2 Å². The molecule has 0 spiro atoms. The van der Waals surface area contributed by atoms with Crippen LogP contribution >= 0.6 is 11.6 Å². The molecule has 31 heavy (non-hydrogen) atoms. The van der Waals surface area contributed by atoms with Gasteiger partial charge in [0.15, 0.2) is 0 Å². The van der Waals surface area contributed by atoms with E-state index in [1.165, 1.54) is 18.2 Å². The maximum absolute atomic E-state index is 13.5. The van der Waals surface area contributed by atoms with Crippen LogP contribution in [0.1, 0.15) is 18.4 Å². The van der Waals surface area contributed by atoms with Crippen LogP contribution in [0.3, 0.4) is 0 Å². The van der Waals surface area contributed by atoms with E-state index in [9.17, 15) is 9.65 Å². The van der Waals surface area contributed by atoms with Crippen molar-refractivity contribution in [2.24, 2.45) is 11.8 Å². The van der Waals surface area contributed by atoms with Crippen molar-refractivity contribution in [2.75, 3.05) is 23.3 Å². The Bertz CT molecular complexity index is 1130. The van der Waals surface area contributed by atoms with E-state index in [4.69, 9.17) is 11.6 Å². The molecule has 2 heterocycles. The predicted molar refractivity (Wildman–Crippen MR) is 119 cm³/mol. The Morgan fingerprint density at radius 2 is 1.81 bits per heavy atom. The molecular weight excluding hydrogens is 413 g/mol. The highest BCUT2D eigenvalue weighted by atomic mass is 35.5. The second-order valence-electron chi connectivity index (χ2n) is 8.29. The summed E-state index contributed by atoms with van der Waals surface area (Å²) in [5.74, 6) is 1.56. The molecular formula is C24H21ClFN5. The average Bonchev–Trinajstić information content (AvgIpc) is 3.34. The lowest BCUT2D eigenvalue weighted by Gasteiger charge is -2.22. The molecule has 7 heteroatoms. The normalized spacial score (nSPS) is 22.2. The first kappa shape index (κ1) is 19.8. The summed E-state index contributed by atoms with van der Waals surface area (Å²) in [5, 5.41) is 21.8. The largest absolute Gasteiger partial charge is 0.370 e. The number of fused-ring (bicyclic) bond motifs is 1. The number of aromatic nitrogens is 2. The molecule has 5 rings (SSSR count). The fourth-order valence-corrected chi connectivity index (χ4v) is 5.13. The summed E-state index contributed by atoms with van der Waals surface area (Å²) in [5.41, 5.74) is 2.87. The highest BCUT2D eigenvalue weighted by molar-refractivity contribution is 6.33. The third-order valence-electron chi connectivity index (χ3n) is 6.34. The van der Waals surface area contributed by atoms with Gasteiger partial charge < -0.3 is 10.2 Å². The van der Waals surface area contributed by atoms with Crippen molar-refractivity contribution in [1.82, 2.24) is 10.2 Å². The molecule has 0 radical (unpaired) electrons. The van der Waals surface area contributed by atoms with Gasteiger partial charge in [0.05, 0.1) is 22.0 Å². The minimum absolute atomic E-state index is 0.348. The molecule has 1 N–H and O–H groups in total. The van der Waals surface area contributed by atoms with Crippen molar-refractivity contribution in [3.8, 4) is 17.3 Å². The first-order valence-corrected chi connectivity index (χ1v) is 10.8. The topological polar surface area (TPSA) is 64.8 Å². The van der Waals surface area contributed by atoms with Crippen molar-refractivity contribution in [3.63, 3.8) is 0 Å². The summed E-state index contributed by atoms with van der Waals surface area (Å²) in [4.78, 5) is 2.35. The Labute approximate surface area is 185 Å². The Morgan fingerprint density at radius 1 is 1.03 bits per heavy atom. The summed E-state index contributed by atoms with van der Waals surface area (Å²) in [7, 11) is 0. The number of nitrogens with zero attached hydrogens (tertiary/aromatic N) is 4. The van der Waals surface area contributed by atoms with Gasteiger partial charge in [0.2, 0.25) is 0 Å². The summed E-state index contributed by atoms with van der Waals surface area (Å²) >= 11 is 6.17. The molecule has 3 atom stereocenters. The van der Waals surface area contributed by atoms with E-state index >= 15 is 0 Å². The van der Waals surface area contributed by atoms with Crippen LogP contribution in [0, 0.1) is 29.0 Å². The molecule has 2 aliphatic rings. The number of rotatable bonds is 4. The smallest absolute Gasteiger partial charge is 0.148 e. The van der Waals surface area contributed by atoms with E-state index in [0.717, 1.165) is 37.2 Å². The molecule has 0 bridgehead atoms. The molecule has 0 amide bonds. The van der Waals surface area contributed by atoms with Gasteiger partial charge in [0, 0.05) is 24.7 Å². The lowest BCUT2D eigenvalue weighted by atomic mass is 10.0. The van der Waals surface area contributed by atoms with Crippen molar-refractivity contribution in [1.29, 1.82) is 5.26 Å². The molecule has 1 saturated heterocycles. The van der Waals surface area contributed by atoms with Gasteiger partial charge in [-0.3, -0.25) is 0 Å². The Balaban J connectivity index is 1.22. The first-order chi connectivity index (χ1) is 15.1.